The molecule has 2 unspecified atom stereocenters. The Morgan fingerprint density at radius 2 is 2.33 bits per heavy atom. The second-order valence-electron chi connectivity index (χ2n) is 4.24. The van der Waals surface area contributed by atoms with Crippen LogP contribution in [0.15, 0.2) is 28.3 Å². The molecule has 0 radical (unpaired) electrons. The third-order valence-electron chi connectivity index (χ3n) is 3.42. The number of aromatic nitrogens is 1. The zero-order valence-corrected chi connectivity index (χ0v) is 8.09. The van der Waals surface area contributed by atoms with Crippen LogP contribution in [-0.4, -0.2) is 23.0 Å². The van der Waals surface area contributed by atoms with Crippen LogP contribution in [0.1, 0.15) is 6.42 Å². The molecule has 4 rings (SSSR count). The third-order valence-corrected chi connectivity index (χ3v) is 3.42. The number of nitrogens with zero attached hydrogens (tertiary/aromatic N) is 3. The van der Waals surface area contributed by atoms with Gasteiger partial charge < -0.3 is 0 Å². The van der Waals surface area contributed by atoms with Gasteiger partial charge in [0.05, 0.1) is 11.0 Å². The fourth-order valence-corrected chi connectivity index (χ4v) is 2.58. The molecule has 1 aliphatic heterocycles. The predicted octanol–water partition coefficient (Wildman–Crippen LogP) is -0.102. The smallest absolute Gasteiger partial charge is 0.110 e. The van der Waals surface area contributed by atoms with E-state index in [0.29, 0.717) is 5.92 Å². The maximum Gasteiger partial charge on any atom is 0.110 e. The van der Waals surface area contributed by atoms with Crippen LogP contribution in [0, 0.1) is 5.92 Å². The Kier molecular flexibility index (Phi) is 1.12. The summed E-state index contributed by atoms with van der Waals surface area (Å²) in [6, 6.07) is 4.05. The molecule has 1 aromatic rings. The second kappa shape index (κ2) is 2.24. The van der Waals surface area contributed by atoms with Crippen LogP contribution in [0.5, 0.6) is 0 Å². The van der Waals surface area contributed by atoms with Gasteiger partial charge in [-0.25, -0.2) is 0 Å². The molecule has 1 aromatic heterocycles. The molecule has 2 heterocycles. The minimum atomic E-state index is -0.0230. The van der Waals surface area contributed by atoms with Gasteiger partial charge in [0.25, 0.3) is 0 Å². The maximum absolute atomic E-state index is 4.59. The number of hydrogen-bond donors (Lipinski definition) is 0. The lowest BCUT2D eigenvalue weighted by atomic mass is 10.0. The van der Waals surface area contributed by atoms with E-state index < -0.39 is 0 Å². The van der Waals surface area contributed by atoms with Crippen molar-refractivity contribution >= 4 is 24.2 Å². The topological polar surface area (TPSA) is 37.6 Å². The van der Waals surface area contributed by atoms with Crippen molar-refractivity contribution in [3.05, 3.63) is 28.9 Å². The first-order chi connectivity index (χ1) is 7.40. The molecule has 2 atom stereocenters. The van der Waals surface area contributed by atoms with Crippen molar-refractivity contribution in [3.63, 3.8) is 0 Å². The van der Waals surface area contributed by atoms with E-state index in [1.165, 1.54) is 0 Å². The molecule has 1 spiro atoms. The minimum absolute atomic E-state index is 0.0230. The van der Waals surface area contributed by atoms with Crippen molar-refractivity contribution in [2.24, 2.45) is 15.9 Å². The molecule has 0 amide bonds. The first-order valence-electron chi connectivity index (χ1n) is 5.16. The van der Waals surface area contributed by atoms with Gasteiger partial charge >= 0.3 is 0 Å². The van der Waals surface area contributed by atoms with Gasteiger partial charge in [-0.3, -0.25) is 15.0 Å². The van der Waals surface area contributed by atoms with E-state index in [0.717, 1.165) is 22.7 Å². The Labute approximate surface area is 86.6 Å². The summed E-state index contributed by atoms with van der Waals surface area (Å²) in [6.45, 7) is 0. The molecule has 1 saturated carbocycles. The Hall–Kier alpha value is -1.77. The molecule has 72 valence electrons. The molecular formula is C12H9N3. The van der Waals surface area contributed by atoms with E-state index >= 15 is 0 Å². The van der Waals surface area contributed by atoms with Gasteiger partial charge in [-0.15, -0.1) is 0 Å². The Balaban J connectivity index is 2.20. The molecule has 3 nitrogen and oxygen atoms in total. The minimum Gasteiger partial charge on any atom is -0.278 e. The SMILES string of the molecule is C1=NC2=c3cccnc3=CC3CC23N=C1. The number of aliphatic imine (C=N–C) groups is 2. The van der Waals surface area contributed by atoms with Crippen molar-refractivity contribution < 1.29 is 0 Å². The summed E-state index contributed by atoms with van der Waals surface area (Å²) in [5, 5.41) is 2.22. The standard InChI is InChI=1S/C12H9N3/c1-2-9-10(13-3-1)6-8-7-12(8)11(9)14-4-5-15-12/h1-6,8H,7H2. The first-order valence-corrected chi connectivity index (χ1v) is 5.16. The first kappa shape index (κ1) is 7.51. The average Bonchev–Trinajstić information content (AvgIpc) is 2.97. The summed E-state index contributed by atoms with van der Waals surface area (Å²) >= 11 is 0. The number of rotatable bonds is 0. The molecule has 0 aromatic carbocycles. The highest BCUT2D eigenvalue weighted by Gasteiger charge is 2.58. The molecular weight excluding hydrogens is 186 g/mol. The molecule has 2 aliphatic carbocycles. The highest BCUT2D eigenvalue weighted by Crippen LogP contribution is 2.55. The number of fused-ring (bicyclic) bond motifs is 1. The maximum atomic E-state index is 4.59. The van der Waals surface area contributed by atoms with Crippen LogP contribution >= 0.6 is 0 Å². The molecule has 3 heteroatoms. The fourth-order valence-electron chi connectivity index (χ4n) is 2.58. The Bertz CT molecular complexity index is 627. The van der Waals surface area contributed by atoms with Gasteiger partial charge in [-0.2, -0.15) is 0 Å². The summed E-state index contributed by atoms with van der Waals surface area (Å²) in [5.74, 6) is 0.517. The van der Waals surface area contributed by atoms with Crippen LogP contribution in [0.4, 0.5) is 0 Å². The lowest BCUT2D eigenvalue weighted by Crippen LogP contribution is -2.37. The van der Waals surface area contributed by atoms with Crippen molar-refractivity contribution in [1.29, 1.82) is 0 Å². The predicted molar refractivity (Wildman–Crippen MR) is 59.2 cm³/mol. The van der Waals surface area contributed by atoms with Gasteiger partial charge in [0, 0.05) is 29.8 Å². The van der Waals surface area contributed by atoms with Gasteiger partial charge in [0.1, 0.15) is 5.54 Å². The second-order valence-corrected chi connectivity index (χ2v) is 4.24. The average molecular weight is 195 g/mol. The molecule has 0 N–H and O–H groups in total. The van der Waals surface area contributed by atoms with Crippen molar-refractivity contribution in [2.45, 2.75) is 12.0 Å². The zero-order chi connectivity index (χ0) is 9.88. The zero-order valence-electron chi connectivity index (χ0n) is 8.09. The number of hydrogen-bond acceptors (Lipinski definition) is 3. The van der Waals surface area contributed by atoms with Crippen LogP contribution in [0.2, 0.25) is 0 Å². The summed E-state index contributed by atoms with van der Waals surface area (Å²) in [6.07, 6.45) is 8.75. The molecule has 1 fully saturated rings. The van der Waals surface area contributed by atoms with E-state index in [1.54, 1.807) is 6.21 Å². The van der Waals surface area contributed by atoms with E-state index in [2.05, 4.69) is 27.1 Å². The van der Waals surface area contributed by atoms with Crippen molar-refractivity contribution in [3.8, 4) is 0 Å². The summed E-state index contributed by atoms with van der Waals surface area (Å²) < 4.78 is 0. The summed E-state index contributed by atoms with van der Waals surface area (Å²) in [7, 11) is 0. The third kappa shape index (κ3) is 0.791. The molecule has 15 heavy (non-hydrogen) atoms. The van der Waals surface area contributed by atoms with E-state index in [-0.39, 0.29) is 5.54 Å². The van der Waals surface area contributed by atoms with E-state index in [9.17, 15) is 0 Å². The lowest BCUT2D eigenvalue weighted by molar-refractivity contribution is 0.807. The lowest BCUT2D eigenvalue weighted by Gasteiger charge is -2.17. The number of pyridine rings is 1. The van der Waals surface area contributed by atoms with E-state index in [4.69, 9.17) is 0 Å². The Morgan fingerprint density at radius 3 is 3.33 bits per heavy atom. The van der Waals surface area contributed by atoms with Crippen LogP contribution in [-0.2, 0) is 0 Å². The van der Waals surface area contributed by atoms with Crippen molar-refractivity contribution in [2.75, 3.05) is 0 Å². The van der Waals surface area contributed by atoms with Gasteiger partial charge in [-0.1, -0.05) is 6.08 Å². The highest BCUT2D eigenvalue weighted by atomic mass is 15.0. The van der Waals surface area contributed by atoms with Crippen LogP contribution in [0.25, 0.3) is 11.8 Å². The normalized spacial score (nSPS) is 33.9. The monoisotopic (exact) mass is 195 g/mol. The van der Waals surface area contributed by atoms with Gasteiger partial charge in [0.15, 0.2) is 0 Å². The fraction of sp³-hybridized carbons (Fsp3) is 0.250. The molecule has 0 saturated heterocycles. The van der Waals surface area contributed by atoms with Gasteiger partial charge in [-0.05, 0) is 18.6 Å². The molecule has 3 aliphatic rings. The van der Waals surface area contributed by atoms with Crippen LogP contribution < -0.4 is 10.6 Å². The van der Waals surface area contributed by atoms with Crippen molar-refractivity contribution in [1.82, 2.24) is 4.98 Å². The van der Waals surface area contributed by atoms with E-state index in [1.807, 2.05) is 18.5 Å². The largest absolute Gasteiger partial charge is 0.278 e. The summed E-state index contributed by atoms with van der Waals surface area (Å²) in [5.41, 5.74) is 1.09. The van der Waals surface area contributed by atoms with Crippen LogP contribution in [0.3, 0.4) is 0 Å². The quantitative estimate of drug-likeness (QED) is 0.569. The van der Waals surface area contributed by atoms with Gasteiger partial charge in [0.2, 0.25) is 0 Å². The molecule has 0 bridgehead atoms. The summed E-state index contributed by atoms with van der Waals surface area (Å²) in [4.78, 5) is 13.5. The highest BCUT2D eigenvalue weighted by molar-refractivity contribution is 6.19. The Morgan fingerprint density at radius 1 is 1.33 bits per heavy atom.